The average molecular weight is 1080 g/mol. The molecule has 342 valence electrons. The molecule has 1 N–H and O–H groups in total. The minimum atomic E-state index is -4.21. The molecule has 8 aromatic rings. The smallest absolute Gasteiger partial charge is 0.148 e. The van der Waals surface area contributed by atoms with Crippen molar-refractivity contribution in [2.75, 3.05) is 0 Å². The fraction of sp³-hybridized carbons (Fsp3) is 0.311. The van der Waals surface area contributed by atoms with Crippen LogP contribution >= 0.6 is 0 Å². The van der Waals surface area contributed by atoms with E-state index in [1.807, 2.05) is 47.6 Å². The van der Waals surface area contributed by atoms with Gasteiger partial charge in [0.1, 0.15) is 11.6 Å². The van der Waals surface area contributed by atoms with Gasteiger partial charge in [-0.25, -0.2) is 4.98 Å². The van der Waals surface area contributed by atoms with E-state index >= 15 is 0 Å². The van der Waals surface area contributed by atoms with Crippen LogP contribution in [0.25, 0.3) is 72.7 Å². The monoisotopic (exact) mass is 1080 g/mol. The normalized spacial score (nSPS) is 19.8. The number of para-hydroxylation sites is 1. The molecular weight excluding hydrogens is 986 g/mol. The van der Waals surface area contributed by atoms with Crippen molar-refractivity contribution in [2.45, 2.75) is 124 Å². The Balaban J connectivity index is 0.0000118. The van der Waals surface area contributed by atoms with Crippen LogP contribution in [0.5, 0.6) is 5.75 Å². The number of hydrogen-bond donors (Lipinski definition) is 1. The molecule has 0 aliphatic rings. The Morgan fingerprint density at radius 3 is 1.94 bits per heavy atom. The van der Waals surface area contributed by atoms with Gasteiger partial charge >= 0.3 is 0 Å². The van der Waals surface area contributed by atoms with Crippen LogP contribution in [-0.4, -0.2) is 19.6 Å². The van der Waals surface area contributed by atoms with Crippen LogP contribution < -0.4 is 0 Å². The second kappa shape index (κ2) is 17.9. The van der Waals surface area contributed by atoms with E-state index in [4.69, 9.17) is 39.3 Å². The standard InChI is InChI=1S/C61H66N3O.Pt/c1-38(2)46-23-18-19-24-47(46)40-29-30-62-52(34-40)42-31-41(32-44(33-42)59(6,7)8)48-25-20-26-54-55(48)63-57(50-36-45(60(9,10)11)37-51(56(50)65)61(12,13)14)64(54)53-28-27-43(58(3,4)5)35-49(53)39-21-16-15-17-22-39;/h15-30,32-38,65H,1-14H3;/q-1;/i1D3,2D3,9D3,10D3,11D3,12D3,13D3,14D3,38D;. The van der Waals surface area contributed by atoms with Crippen molar-refractivity contribution < 1.29 is 60.4 Å². The third-order valence-electron chi connectivity index (χ3n) is 11.6. The molecule has 0 radical (unpaired) electrons. The first kappa shape index (κ1) is 25.5. The molecule has 2 heterocycles. The molecule has 5 heteroatoms. The zero-order valence-corrected chi connectivity index (χ0v) is 39.6. The number of phenols is 1. The van der Waals surface area contributed by atoms with E-state index in [0.29, 0.717) is 39.4 Å². The number of benzene rings is 6. The summed E-state index contributed by atoms with van der Waals surface area (Å²) in [5, 5.41) is 13.1. The maximum Gasteiger partial charge on any atom is 0.148 e. The topological polar surface area (TPSA) is 50.9 Å². The first-order valence-corrected chi connectivity index (χ1v) is 21.1. The van der Waals surface area contributed by atoms with Crippen molar-refractivity contribution in [2.24, 2.45) is 0 Å². The zero-order valence-electron chi connectivity index (χ0n) is 62.3. The van der Waals surface area contributed by atoms with E-state index in [-0.39, 0.29) is 66.2 Å². The molecule has 4 nitrogen and oxygen atoms in total. The van der Waals surface area contributed by atoms with Gasteiger partial charge in [0.15, 0.2) is 0 Å². The third-order valence-corrected chi connectivity index (χ3v) is 11.6. The number of fused-ring (bicyclic) bond motifs is 1. The molecule has 0 bridgehead atoms. The molecular formula is C61H66N3OPt-. The SMILES string of the molecule is [2H]C([2H])([2H])C([2H])(c1ccccc1-c1ccnc(-c2[c-]c(-c3cccc4c3nc(-c3cc(C(C([2H])([2H])[2H])(C([2H])([2H])[2H])C([2H])([2H])[2H])cc(C(C([2H])([2H])[2H])(C([2H])([2H])[2H])C([2H])([2H])[2H])c3O)n4-c3ccc(C(C)(C)C)cc3-c3ccccc3)cc(C(C)(C)C)c2)c1)C([2H])([2H])[2H].[Pt]. The summed E-state index contributed by atoms with van der Waals surface area (Å²) in [5.74, 6) is -5.01. The molecule has 0 aliphatic carbocycles. The molecule has 0 unspecified atom stereocenters. The van der Waals surface area contributed by atoms with Gasteiger partial charge in [0.25, 0.3) is 0 Å². The molecule has 8 rings (SSSR count). The molecule has 0 spiro atoms. The molecule has 0 atom stereocenters. The number of imidazole rings is 1. The van der Waals surface area contributed by atoms with Gasteiger partial charge in [0.2, 0.25) is 0 Å². The Morgan fingerprint density at radius 2 is 1.24 bits per heavy atom. The minimum absolute atomic E-state index is 0. The number of hydrogen-bond acceptors (Lipinski definition) is 3. The van der Waals surface area contributed by atoms with Crippen molar-refractivity contribution >= 4 is 11.0 Å². The minimum Gasteiger partial charge on any atom is -0.507 e. The van der Waals surface area contributed by atoms with Gasteiger partial charge in [-0.05, 0) is 91.3 Å². The molecule has 6 aromatic carbocycles. The van der Waals surface area contributed by atoms with E-state index in [1.54, 1.807) is 84.9 Å². The summed E-state index contributed by atoms with van der Waals surface area (Å²) < 4.78 is 219. The summed E-state index contributed by atoms with van der Waals surface area (Å²) in [6.45, 7) is -19.9. The molecule has 66 heavy (non-hydrogen) atoms. The second-order valence-corrected chi connectivity index (χ2v) is 18.5. The first-order chi connectivity index (χ1) is 40.8. The van der Waals surface area contributed by atoms with Gasteiger partial charge in [-0.3, -0.25) is 9.55 Å². The van der Waals surface area contributed by atoms with Gasteiger partial charge in [-0.2, -0.15) is 0 Å². The van der Waals surface area contributed by atoms with E-state index in [9.17, 15) is 5.11 Å². The Morgan fingerprint density at radius 1 is 0.591 bits per heavy atom. The van der Waals surface area contributed by atoms with Crippen LogP contribution in [0.2, 0.25) is 0 Å². The summed E-state index contributed by atoms with van der Waals surface area (Å²) in [6.07, 6.45) is 1.42. The van der Waals surface area contributed by atoms with Gasteiger partial charge in [-0.15, -0.1) is 29.3 Å². The summed E-state index contributed by atoms with van der Waals surface area (Å²) in [4.78, 5) is 9.84. The molecule has 0 saturated carbocycles. The maximum absolute atomic E-state index is 13.1. The Labute approximate surface area is 444 Å². The van der Waals surface area contributed by atoms with Gasteiger partial charge in [-0.1, -0.05) is 192 Å². The molecule has 0 amide bonds. The van der Waals surface area contributed by atoms with Crippen molar-refractivity contribution in [3.63, 3.8) is 0 Å². The third kappa shape index (κ3) is 9.50. The number of nitrogens with zero attached hydrogens (tertiary/aromatic N) is 3. The van der Waals surface area contributed by atoms with Crippen LogP contribution in [0.4, 0.5) is 0 Å². The molecule has 0 fully saturated rings. The number of rotatable bonds is 7. The van der Waals surface area contributed by atoms with Gasteiger partial charge in [0, 0.05) is 78.4 Å². The fourth-order valence-corrected chi connectivity index (χ4v) is 8.08. The largest absolute Gasteiger partial charge is 0.507 e. The van der Waals surface area contributed by atoms with Crippen molar-refractivity contribution in [1.82, 2.24) is 14.5 Å². The average Bonchev–Trinajstić information content (AvgIpc) is 1.11. The van der Waals surface area contributed by atoms with E-state index in [2.05, 4.69) is 11.1 Å². The molecule has 0 saturated heterocycles. The Hall–Kier alpha value is -5.57. The van der Waals surface area contributed by atoms with E-state index in [1.165, 1.54) is 35.0 Å². The van der Waals surface area contributed by atoms with Crippen LogP contribution in [0.15, 0.2) is 134 Å². The molecule has 0 aliphatic heterocycles. The van der Waals surface area contributed by atoms with E-state index in [0.717, 1.165) is 5.56 Å². The predicted octanol–water partition coefficient (Wildman–Crippen LogP) is 16.6. The second-order valence-electron chi connectivity index (χ2n) is 18.5. The van der Waals surface area contributed by atoms with Crippen molar-refractivity contribution in [3.8, 4) is 67.5 Å². The summed E-state index contributed by atoms with van der Waals surface area (Å²) in [7, 11) is 0. The van der Waals surface area contributed by atoms with Crippen LogP contribution in [0.3, 0.4) is 0 Å². The number of pyridine rings is 1. The Kier molecular flexibility index (Phi) is 6.93. The summed E-state index contributed by atoms with van der Waals surface area (Å²) in [5.41, 5.74) is -8.87. The first-order valence-electron chi connectivity index (χ1n) is 33.6. The predicted molar refractivity (Wildman–Crippen MR) is 275 cm³/mol. The van der Waals surface area contributed by atoms with Gasteiger partial charge in [0.05, 0.1) is 22.3 Å². The Bertz CT molecular complexity index is 3930. The number of aromatic nitrogens is 3. The maximum atomic E-state index is 13.1. The van der Waals surface area contributed by atoms with Gasteiger partial charge < -0.3 is 5.11 Å². The summed E-state index contributed by atoms with van der Waals surface area (Å²) >= 11 is 0. The molecule has 2 aromatic heterocycles. The quantitative estimate of drug-likeness (QED) is 0.162. The fourth-order valence-electron chi connectivity index (χ4n) is 8.08. The zero-order chi connectivity index (χ0) is 67.7. The van der Waals surface area contributed by atoms with Crippen LogP contribution in [-0.2, 0) is 42.7 Å². The van der Waals surface area contributed by atoms with E-state index < -0.39 is 111 Å². The van der Waals surface area contributed by atoms with Crippen LogP contribution in [0, 0.1) is 6.07 Å². The number of phenolic OH excluding ortho intramolecular Hbond substituents is 1. The van der Waals surface area contributed by atoms with Crippen molar-refractivity contribution in [1.29, 1.82) is 0 Å². The number of aromatic hydroxyl groups is 1. The van der Waals surface area contributed by atoms with Crippen LogP contribution in [0.1, 0.15) is 164 Å². The summed E-state index contributed by atoms with van der Waals surface area (Å²) in [6, 6.07) is 36.0. The van der Waals surface area contributed by atoms with Crippen molar-refractivity contribution in [3.05, 3.63) is 167 Å².